The first-order chi connectivity index (χ1) is 9.15. The van der Waals surface area contributed by atoms with Crippen LogP contribution < -0.4 is 10.1 Å². The van der Waals surface area contributed by atoms with Gasteiger partial charge in [0, 0.05) is 29.4 Å². The molecule has 0 aliphatic rings. The van der Waals surface area contributed by atoms with Crippen molar-refractivity contribution in [3.8, 4) is 11.5 Å². The largest absolute Gasteiger partial charge is 0.455 e. The summed E-state index contributed by atoms with van der Waals surface area (Å²) in [4.78, 5) is 4.03. The minimum Gasteiger partial charge on any atom is -0.455 e. The van der Waals surface area contributed by atoms with Gasteiger partial charge in [0.25, 0.3) is 0 Å². The highest BCUT2D eigenvalue weighted by atomic mass is 35.5. The van der Waals surface area contributed by atoms with Crippen molar-refractivity contribution in [1.29, 1.82) is 0 Å². The third kappa shape index (κ3) is 4.23. The van der Waals surface area contributed by atoms with Crippen LogP contribution in [0.3, 0.4) is 0 Å². The van der Waals surface area contributed by atoms with Crippen molar-refractivity contribution in [3.63, 3.8) is 0 Å². The molecular weight excluding hydrogens is 260 g/mol. The summed E-state index contributed by atoms with van der Waals surface area (Å²) in [6, 6.07) is 9.80. The lowest BCUT2D eigenvalue weighted by Gasteiger charge is -2.13. The molecule has 0 aliphatic carbocycles. The van der Waals surface area contributed by atoms with Crippen LogP contribution in [0.1, 0.15) is 19.4 Å². The third-order valence-corrected chi connectivity index (χ3v) is 2.83. The number of halogens is 1. The molecule has 4 heteroatoms. The number of benzene rings is 1. The first-order valence-electron chi connectivity index (χ1n) is 6.25. The Kier molecular flexibility index (Phi) is 4.77. The van der Waals surface area contributed by atoms with Crippen molar-refractivity contribution in [3.05, 3.63) is 53.3 Å². The van der Waals surface area contributed by atoms with Crippen LogP contribution in [0.15, 0.2) is 42.7 Å². The maximum absolute atomic E-state index is 6.03. The molecule has 2 aromatic rings. The van der Waals surface area contributed by atoms with Gasteiger partial charge in [-0.1, -0.05) is 31.5 Å². The number of pyridine rings is 1. The molecule has 0 unspecified atom stereocenters. The molecule has 0 radical (unpaired) electrons. The van der Waals surface area contributed by atoms with Gasteiger partial charge in [0.05, 0.1) is 6.20 Å². The summed E-state index contributed by atoms with van der Waals surface area (Å²) >= 11 is 6.03. The van der Waals surface area contributed by atoms with Gasteiger partial charge in [0.1, 0.15) is 11.5 Å². The molecule has 0 bridgehead atoms. The van der Waals surface area contributed by atoms with E-state index in [4.69, 9.17) is 16.3 Å². The second kappa shape index (κ2) is 6.55. The predicted octanol–water partition coefficient (Wildman–Crippen LogP) is 4.03. The highest BCUT2D eigenvalue weighted by Crippen LogP contribution is 2.28. The summed E-state index contributed by atoms with van der Waals surface area (Å²) in [5, 5.41) is 4.03. The Bertz CT molecular complexity index is 529. The second-order valence-corrected chi connectivity index (χ2v) is 5.01. The molecule has 0 amide bonds. The highest BCUT2D eigenvalue weighted by molar-refractivity contribution is 6.30. The lowest BCUT2D eigenvalue weighted by molar-refractivity contribution is 0.467. The predicted molar refractivity (Wildman–Crippen MR) is 77.7 cm³/mol. The average Bonchev–Trinajstić information content (AvgIpc) is 2.39. The smallest absolute Gasteiger partial charge is 0.145 e. The molecule has 0 atom stereocenters. The minimum absolute atomic E-state index is 0.418. The quantitative estimate of drug-likeness (QED) is 0.895. The van der Waals surface area contributed by atoms with Crippen LogP contribution in [0, 0.1) is 0 Å². The van der Waals surface area contributed by atoms with Gasteiger partial charge in [0.15, 0.2) is 0 Å². The number of nitrogens with one attached hydrogen (secondary N) is 1. The normalized spacial score (nSPS) is 10.7. The van der Waals surface area contributed by atoms with Crippen LogP contribution in [0.25, 0.3) is 0 Å². The molecule has 19 heavy (non-hydrogen) atoms. The molecule has 1 heterocycles. The molecule has 0 aliphatic heterocycles. The van der Waals surface area contributed by atoms with E-state index in [0.29, 0.717) is 16.8 Å². The van der Waals surface area contributed by atoms with Gasteiger partial charge in [-0.25, -0.2) is 0 Å². The summed E-state index contributed by atoms with van der Waals surface area (Å²) in [6.45, 7) is 4.96. The molecule has 1 aromatic heterocycles. The number of aromatic nitrogens is 1. The number of rotatable bonds is 5. The molecular formula is C15H17ClN2O. The first-order valence-corrected chi connectivity index (χ1v) is 6.62. The summed E-state index contributed by atoms with van der Waals surface area (Å²) in [6.07, 6.45) is 3.40. The number of hydrogen-bond acceptors (Lipinski definition) is 3. The van der Waals surface area contributed by atoms with E-state index in [9.17, 15) is 0 Å². The number of nitrogens with zero attached hydrogens (tertiary/aromatic N) is 1. The Labute approximate surface area is 118 Å². The van der Waals surface area contributed by atoms with Gasteiger partial charge in [-0.3, -0.25) is 4.98 Å². The first kappa shape index (κ1) is 13.8. The van der Waals surface area contributed by atoms with Gasteiger partial charge >= 0.3 is 0 Å². The summed E-state index contributed by atoms with van der Waals surface area (Å²) in [5.74, 6) is 1.46. The number of ether oxygens (including phenoxy) is 1. The van der Waals surface area contributed by atoms with E-state index in [0.717, 1.165) is 17.9 Å². The highest BCUT2D eigenvalue weighted by Gasteiger charge is 2.07. The van der Waals surface area contributed by atoms with Crippen LogP contribution >= 0.6 is 11.6 Å². The maximum Gasteiger partial charge on any atom is 0.145 e. The van der Waals surface area contributed by atoms with Crippen LogP contribution in [-0.2, 0) is 6.54 Å². The third-order valence-electron chi connectivity index (χ3n) is 2.59. The van der Waals surface area contributed by atoms with E-state index in [1.54, 1.807) is 12.4 Å². The van der Waals surface area contributed by atoms with E-state index >= 15 is 0 Å². The van der Waals surface area contributed by atoms with Gasteiger partial charge in [-0.2, -0.15) is 0 Å². The maximum atomic E-state index is 6.03. The monoisotopic (exact) mass is 276 g/mol. The zero-order chi connectivity index (χ0) is 13.7. The Hall–Kier alpha value is -1.58. The van der Waals surface area contributed by atoms with E-state index in [1.807, 2.05) is 30.3 Å². The van der Waals surface area contributed by atoms with Crippen LogP contribution in [-0.4, -0.2) is 11.0 Å². The lowest BCUT2D eigenvalue weighted by Crippen LogP contribution is -2.22. The van der Waals surface area contributed by atoms with E-state index in [1.165, 1.54) is 0 Å². The van der Waals surface area contributed by atoms with Crippen LogP contribution in [0.5, 0.6) is 11.5 Å². The van der Waals surface area contributed by atoms with Crippen molar-refractivity contribution in [2.24, 2.45) is 0 Å². The molecule has 1 N–H and O–H groups in total. The van der Waals surface area contributed by atoms with Gasteiger partial charge < -0.3 is 10.1 Å². The molecule has 3 nitrogen and oxygen atoms in total. The van der Waals surface area contributed by atoms with Crippen molar-refractivity contribution >= 4 is 11.6 Å². The standard InChI is InChI=1S/C15H17ClN2O/c1-11(2)18-9-12-5-6-13(16)8-15(12)19-14-4-3-7-17-10-14/h3-8,10-11,18H,9H2,1-2H3. The van der Waals surface area contributed by atoms with Gasteiger partial charge in [-0.05, 0) is 24.3 Å². The van der Waals surface area contributed by atoms with Gasteiger partial charge in [-0.15, -0.1) is 0 Å². The summed E-state index contributed by atoms with van der Waals surface area (Å²) in [7, 11) is 0. The molecule has 0 saturated carbocycles. The molecule has 1 aromatic carbocycles. The van der Waals surface area contributed by atoms with E-state index in [2.05, 4.69) is 24.1 Å². The Morgan fingerprint density at radius 3 is 2.84 bits per heavy atom. The zero-order valence-corrected chi connectivity index (χ0v) is 11.8. The topological polar surface area (TPSA) is 34.1 Å². The molecule has 0 saturated heterocycles. The van der Waals surface area contributed by atoms with Crippen LogP contribution in [0.4, 0.5) is 0 Å². The Balaban J connectivity index is 2.19. The fourth-order valence-electron chi connectivity index (χ4n) is 1.62. The Morgan fingerprint density at radius 1 is 1.32 bits per heavy atom. The SMILES string of the molecule is CC(C)NCc1ccc(Cl)cc1Oc1cccnc1. The fourth-order valence-corrected chi connectivity index (χ4v) is 1.78. The number of hydrogen-bond donors (Lipinski definition) is 1. The zero-order valence-electron chi connectivity index (χ0n) is 11.1. The van der Waals surface area contributed by atoms with Crippen molar-refractivity contribution in [1.82, 2.24) is 10.3 Å². The van der Waals surface area contributed by atoms with E-state index in [-0.39, 0.29) is 0 Å². The Morgan fingerprint density at radius 2 is 2.16 bits per heavy atom. The van der Waals surface area contributed by atoms with Crippen molar-refractivity contribution in [2.45, 2.75) is 26.4 Å². The molecule has 2 rings (SSSR count). The molecule has 0 spiro atoms. The minimum atomic E-state index is 0.418. The average molecular weight is 277 g/mol. The van der Waals surface area contributed by atoms with E-state index < -0.39 is 0 Å². The fraction of sp³-hybridized carbons (Fsp3) is 0.267. The second-order valence-electron chi connectivity index (χ2n) is 4.58. The summed E-state index contributed by atoms with van der Waals surface area (Å²) < 4.78 is 5.84. The molecule has 100 valence electrons. The summed E-state index contributed by atoms with van der Waals surface area (Å²) in [5.41, 5.74) is 1.07. The van der Waals surface area contributed by atoms with Crippen molar-refractivity contribution < 1.29 is 4.74 Å². The van der Waals surface area contributed by atoms with Crippen molar-refractivity contribution in [2.75, 3.05) is 0 Å². The van der Waals surface area contributed by atoms with Gasteiger partial charge in [0.2, 0.25) is 0 Å². The molecule has 0 fully saturated rings. The lowest BCUT2D eigenvalue weighted by atomic mass is 10.2. The van der Waals surface area contributed by atoms with Crippen LogP contribution in [0.2, 0.25) is 5.02 Å².